The number of allylic oxidation sites excluding steroid dienone is 1. The zero-order valence-electron chi connectivity index (χ0n) is 7.76. The molecule has 13 heavy (non-hydrogen) atoms. The van der Waals surface area contributed by atoms with Crippen LogP contribution in [0, 0.1) is 0 Å². The standard InChI is InChI=1S/C12H12O/c1-3-9-4-5-10-6-8(2)12(13)11(10)7-9/h4-5,7H,2-3,6H2,1H3. The number of aryl methyl sites for hydroxylation is 1. The molecule has 0 heterocycles. The highest BCUT2D eigenvalue weighted by Gasteiger charge is 2.22. The molecule has 66 valence electrons. The molecule has 0 saturated heterocycles. The van der Waals surface area contributed by atoms with Crippen LogP contribution < -0.4 is 0 Å². The van der Waals surface area contributed by atoms with Crippen LogP contribution in [-0.2, 0) is 12.8 Å². The summed E-state index contributed by atoms with van der Waals surface area (Å²) in [6.45, 7) is 5.85. The normalized spacial score (nSPS) is 14.8. The van der Waals surface area contributed by atoms with Gasteiger partial charge in [0.25, 0.3) is 0 Å². The Balaban J connectivity index is 2.54. The molecule has 0 unspecified atom stereocenters. The van der Waals surface area contributed by atoms with E-state index in [9.17, 15) is 4.79 Å². The first-order valence-corrected chi connectivity index (χ1v) is 4.56. The Hall–Kier alpha value is -1.37. The van der Waals surface area contributed by atoms with Gasteiger partial charge in [0.1, 0.15) is 0 Å². The van der Waals surface area contributed by atoms with Crippen molar-refractivity contribution in [2.75, 3.05) is 0 Å². The maximum Gasteiger partial charge on any atom is 0.189 e. The van der Waals surface area contributed by atoms with Crippen molar-refractivity contribution in [2.45, 2.75) is 19.8 Å². The van der Waals surface area contributed by atoms with Crippen LogP contribution in [0.4, 0.5) is 0 Å². The SMILES string of the molecule is C=C1Cc2ccc(CC)cc2C1=O. The van der Waals surface area contributed by atoms with E-state index in [-0.39, 0.29) is 5.78 Å². The fraction of sp³-hybridized carbons (Fsp3) is 0.250. The lowest BCUT2D eigenvalue weighted by atomic mass is 10.0. The summed E-state index contributed by atoms with van der Waals surface area (Å²) < 4.78 is 0. The summed E-state index contributed by atoms with van der Waals surface area (Å²) in [7, 11) is 0. The van der Waals surface area contributed by atoms with Gasteiger partial charge in [-0.1, -0.05) is 25.6 Å². The van der Waals surface area contributed by atoms with Crippen LogP contribution in [0.2, 0.25) is 0 Å². The summed E-state index contributed by atoms with van der Waals surface area (Å²) in [6, 6.07) is 6.13. The molecule has 0 saturated carbocycles. The first kappa shape index (κ1) is 8.24. The summed E-state index contributed by atoms with van der Waals surface area (Å²) in [5.41, 5.74) is 3.95. The molecule has 2 rings (SSSR count). The van der Waals surface area contributed by atoms with Gasteiger partial charge in [0, 0.05) is 12.0 Å². The Morgan fingerprint density at radius 2 is 2.23 bits per heavy atom. The van der Waals surface area contributed by atoms with Gasteiger partial charge in [-0.2, -0.15) is 0 Å². The van der Waals surface area contributed by atoms with Crippen LogP contribution in [0.5, 0.6) is 0 Å². The Morgan fingerprint density at radius 3 is 2.92 bits per heavy atom. The van der Waals surface area contributed by atoms with Crippen molar-refractivity contribution in [3.8, 4) is 0 Å². The molecule has 0 radical (unpaired) electrons. The first-order chi connectivity index (χ1) is 6.22. The minimum atomic E-state index is 0.130. The van der Waals surface area contributed by atoms with Gasteiger partial charge in [0.2, 0.25) is 0 Å². The van der Waals surface area contributed by atoms with Crippen LogP contribution in [0.25, 0.3) is 0 Å². The summed E-state index contributed by atoms with van der Waals surface area (Å²) >= 11 is 0. The lowest BCUT2D eigenvalue weighted by Gasteiger charge is -1.99. The Morgan fingerprint density at radius 1 is 1.46 bits per heavy atom. The zero-order chi connectivity index (χ0) is 9.42. The number of carbonyl (C=O) groups is 1. The second-order valence-electron chi connectivity index (χ2n) is 3.45. The summed E-state index contributed by atoms with van der Waals surface area (Å²) in [4.78, 5) is 11.6. The van der Waals surface area contributed by atoms with E-state index >= 15 is 0 Å². The molecule has 0 spiro atoms. The molecular formula is C12H12O. The topological polar surface area (TPSA) is 17.1 Å². The quantitative estimate of drug-likeness (QED) is 0.595. The van der Waals surface area contributed by atoms with Gasteiger partial charge in [-0.3, -0.25) is 4.79 Å². The van der Waals surface area contributed by atoms with E-state index in [1.165, 1.54) is 5.56 Å². The molecule has 0 aromatic heterocycles. The molecule has 0 atom stereocenters. The highest BCUT2D eigenvalue weighted by Crippen LogP contribution is 2.25. The van der Waals surface area contributed by atoms with E-state index in [1.807, 2.05) is 12.1 Å². The average Bonchev–Trinajstić information content (AvgIpc) is 2.43. The van der Waals surface area contributed by atoms with Crippen molar-refractivity contribution in [3.05, 3.63) is 47.0 Å². The van der Waals surface area contributed by atoms with Gasteiger partial charge in [-0.25, -0.2) is 0 Å². The Labute approximate surface area is 78.1 Å². The highest BCUT2D eigenvalue weighted by molar-refractivity contribution is 6.12. The van der Waals surface area contributed by atoms with Gasteiger partial charge in [-0.05, 0) is 29.2 Å². The van der Waals surface area contributed by atoms with Crippen LogP contribution >= 0.6 is 0 Å². The number of carbonyl (C=O) groups excluding carboxylic acids is 1. The molecule has 0 bridgehead atoms. The fourth-order valence-corrected chi connectivity index (χ4v) is 1.71. The van der Waals surface area contributed by atoms with E-state index in [2.05, 4.69) is 19.6 Å². The predicted molar refractivity (Wildman–Crippen MR) is 53.0 cm³/mol. The molecular weight excluding hydrogens is 160 g/mol. The molecule has 0 N–H and O–H groups in total. The van der Waals surface area contributed by atoms with E-state index in [1.54, 1.807) is 0 Å². The lowest BCUT2D eigenvalue weighted by Crippen LogP contribution is -1.94. The van der Waals surface area contributed by atoms with Crippen molar-refractivity contribution in [1.29, 1.82) is 0 Å². The van der Waals surface area contributed by atoms with Gasteiger partial charge in [0.15, 0.2) is 5.78 Å². The number of ketones is 1. The summed E-state index contributed by atoms with van der Waals surface area (Å²) in [5.74, 6) is 0.130. The van der Waals surface area contributed by atoms with Gasteiger partial charge >= 0.3 is 0 Å². The summed E-state index contributed by atoms with van der Waals surface area (Å²) in [6.07, 6.45) is 1.71. The fourth-order valence-electron chi connectivity index (χ4n) is 1.71. The number of benzene rings is 1. The minimum absolute atomic E-state index is 0.130. The molecule has 0 amide bonds. The maximum atomic E-state index is 11.6. The van der Waals surface area contributed by atoms with Crippen LogP contribution in [0.1, 0.15) is 28.4 Å². The van der Waals surface area contributed by atoms with Crippen LogP contribution in [-0.4, -0.2) is 5.78 Å². The molecule has 1 aliphatic rings. The van der Waals surface area contributed by atoms with Gasteiger partial charge in [0.05, 0.1) is 0 Å². The Kier molecular flexibility index (Phi) is 1.80. The third-order valence-corrected chi connectivity index (χ3v) is 2.55. The van der Waals surface area contributed by atoms with Crippen LogP contribution in [0.15, 0.2) is 30.4 Å². The maximum absolute atomic E-state index is 11.6. The monoisotopic (exact) mass is 172 g/mol. The number of rotatable bonds is 1. The first-order valence-electron chi connectivity index (χ1n) is 4.56. The number of hydrogen-bond donors (Lipinski definition) is 0. The number of fused-ring (bicyclic) bond motifs is 1. The molecule has 0 fully saturated rings. The summed E-state index contributed by atoms with van der Waals surface area (Å²) in [5, 5.41) is 0. The van der Waals surface area contributed by atoms with Crippen molar-refractivity contribution in [3.63, 3.8) is 0 Å². The third kappa shape index (κ3) is 1.21. The molecule has 1 nitrogen and oxygen atoms in total. The Bertz CT molecular complexity index is 388. The largest absolute Gasteiger partial charge is 0.289 e. The van der Waals surface area contributed by atoms with Crippen LogP contribution in [0.3, 0.4) is 0 Å². The number of hydrogen-bond acceptors (Lipinski definition) is 1. The van der Waals surface area contributed by atoms with E-state index in [4.69, 9.17) is 0 Å². The smallest absolute Gasteiger partial charge is 0.189 e. The predicted octanol–water partition coefficient (Wildman–Crippen LogP) is 2.54. The molecule has 0 aliphatic heterocycles. The molecule has 1 aliphatic carbocycles. The van der Waals surface area contributed by atoms with Gasteiger partial charge < -0.3 is 0 Å². The molecule has 1 aromatic rings. The average molecular weight is 172 g/mol. The van der Waals surface area contributed by atoms with Crippen molar-refractivity contribution < 1.29 is 4.79 Å². The van der Waals surface area contributed by atoms with Crippen molar-refractivity contribution >= 4 is 5.78 Å². The second kappa shape index (κ2) is 2.84. The molecule has 1 aromatic carbocycles. The lowest BCUT2D eigenvalue weighted by molar-refractivity contribution is 0.104. The van der Waals surface area contributed by atoms with E-state index < -0.39 is 0 Å². The van der Waals surface area contributed by atoms with Crippen molar-refractivity contribution in [1.82, 2.24) is 0 Å². The van der Waals surface area contributed by atoms with Gasteiger partial charge in [-0.15, -0.1) is 0 Å². The van der Waals surface area contributed by atoms with E-state index in [0.29, 0.717) is 0 Å². The third-order valence-electron chi connectivity index (χ3n) is 2.55. The number of Topliss-reactive ketones (excluding diaryl/α,β-unsaturated/α-hetero) is 1. The molecule has 1 heteroatoms. The minimum Gasteiger partial charge on any atom is -0.289 e. The van der Waals surface area contributed by atoms with Crippen molar-refractivity contribution in [2.24, 2.45) is 0 Å². The highest BCUT2D eigenvalue weighted by atomic mass is 16.1. The van der Waals surface area contributed by atoms with E-state index in [0.717, 1.165) is 29.5 Å². The zero-order valence-corrected chi connectivity index (χ0v) is 7.76. The second-order valence-corrected chi connectivity index (χ2v) is 3.45.